The van der Waals surface area contributed by atoms with Crippen LogP contribution in [-0.4, -0.2) is 12.6 Å². The molecule has 1 aromatic carbocycles. The molecular formula is C11H10BrNO2. The molecular weight excluding hydrogens is 258 g/mol. The van der Waals surface area contributed by atoms with Crippen molar-refractivity contribution in [2.75, 3.05) is 6.61 Å². The summed E-state index contributed by atoms with van der Waals surface area (Å²) in [5.74, 6) is -1.33. The molecule has 15 heavy (non-hydrogen) atoms. The number of carbonyl (C=O) groups excluding carboxylic acids is 1. The van der Waals surface area contributed by atoms with E-state index in [-0.39, 0.29) is 6.61 Å². The van der Waals surface area contributed by atoms with E-state index < -0.39 is 11.9 Å². The van der Waals surface area contributed by atoms with Gasteiger partial charge < -0.3 is 4.74 Å². The number of benzene rings is 1. The summed E-state index contributed by atoms with van der Waals surface area (Å²) < 4.78 is 5.72. The standard InChI is InChI=1S/C11H10BrNO2/c1-2-15-11(14)10(7-13)8-3-5-9(12)6-4-8/h3-6,10H,2H2,1H3/t10-/m1/s1. The topological polar surface area (TPSA) is 50.1 Å². The number of hydrogen-bond acceptors (Lipinski definition) is 3. The van der Waals surface area contributed by atoms with Crippen molar-refractivity contribution in [1.82, 2.24) is 0 Å². The van der Waals surface area contributed by atoms with Gasteiger partial charge in [-0.1, -0.05) is 28.1 Å². The quantitative estimate of drug-likeness (QED) is 0.792. The smallest absolute Gasteiger partial charge is 0.327 e. The molecule has 0 heterocycles. The van der Waals surface area contributed by atoms with Crippen LogP contribution in [0.5, 0.6) is 0 Å². The Kier molecular flexibility index (Phi) is 4.32. The molecule has 0 unspecified atom stereocenters. The molecule has 0 N–H and O–H groups in total. The molecule has 0 aliphatic rings. The summed E-state index contributed by atoms with van der Waals surface area (Å²) in [6.07, 6.45) is 0. The second-order valence-corrected chi connectivity index (χ2v) is 3.78. The Morgan fingerprint density at radius 2 is 2.13 bits per heavy atom. The van der Waals surface area contributed by atoms with Gasteiger partial charge in [-0.3, -0.25) is 4.79 Å². The molecule has 0 aliphatic carbocycles. The average molecular weight is 268 g/mol. The fourth-order valence-electron chi connectivity index (χ4n) is 1.14. The van der Waals surface area contributed by atoms with Crippen molar-refractivity contribution in [3.8, 4) is 6.07 Å². The number of nitrogens with zero attached hydrogens (tertiary/aromatic N) is 1. The Balaban J connectivity index is 2.89. The molecule has 3 nitrogen and oxygen atoms in total. The van der Waals surface area contributed by atoms with Crippen molar-refractivity contribution < 1.29 is 9.53 Å². The first-order chi connectivity index (χ1) is 7.19. The molecule has 0 saturated carbocycles. The monoisotopic (exact) mass is 267 g/mol. The van der Waals surface area contributed by atoms with E-state index in [2.05, 4.69) is 15.9 Å². The van der Waals surface area contributed by atoms with E-state index in [1.807, 2.05) is 6.07 Å². The van der Waals surface area contributed by atoms with Crippen molar-refractivity contribution in [2.45, 2.75) is 12.8 Å². The Bertz CT molecular complexity index is 381. The normalized spacial score (nSPS) is 11.5. The van der Waals surface area contributed by atoms with Gasteiger partial charge in [0.05, 0.1) is 12.7 Å². The summed E-state index contributed by atoms with van der Waals surface area (Å²) >= 11 is 3.29. The number of carbonyl (C=O) groups is 1. The second-order valence-electron chi connectivity index (χ2n) is 2.87. The number of halogens is 1. The molecule has 0 bridgehead atoms. The molecule has 0 aromatic heterocycles. The molecule has 0 aliphatic heterocycles. The van der Waals surface area contributed by atoms with Crippen molar-refractivity contribution in [3.05, 3.63) is 34.3 Å². The maximum absolute atomic E-state index is 11.4. The molecule has 0 spiro atoms. The van der Waals surface area contributed by atoms with Crippen LogP contribution in [0.25, 0.3) is 0 Å². The van der Waals surface area contributed by atoms with Gasteiger partial charge in [-0.25, -0.2) is 0 Å². The first kappa shape index (κ1) is 11.7. The number of esters is 1. The van der Waals surface area contributed by atoms with E-state index in [1.54, 1.807) is 31.2 Å². The van der Waals surface area contributed by atoms with Crippen molar-refractivity contribution in [1.29, 1.82) is 5.26 Å². The average Bonchev–Trinajstić information content (AvgIpc) is 2.22. The Morgan fingerprint density at radius 1 is 1.53 bits per heavy atom. The van der Waals surface area contributed by atoms with Crippen LogP contribution in [0.15, 0.2) is 28.7 Å². The number of hydrogen-bond donors (Lipinski definition) is 0. The number of ether oxygens (including phenoxy) is 1. The maximum Gasteiger partial charge on any atom is 0.327 e. The highest BCUT2D eigenvalue weighted by molar-refractivity contribution is 9.10. The van der Waals surface area contributed by atoms with Crippen LogP contribution in [0, 0.1) is 11.3 Å². The minimum absolute atomic E-state index is 0.285. The van der Waals surface area contributed by atoms with E-state index in [0.717, 1.165) is 4.47 Å². The molecule has 0 fully saturated rings. The van der Waals surface area contributed by atoms with E-state index >= 15 is 0 Å². The maximum atomic E-state index is 11.4. The third kappa shape index (κ3) is 3.07. The molecule has 1 aromatic rings. The number of rotatable bonds is 3. The van der Waals surface area contributed by atoms with Crippen LogP contribution < -0.4 is 0 Å². The van der Waals surface area contributed by atoms with Crippen LogP contribution in [0.1, 0.15) is 18.4 Å². The van der Waals surface area contributed by atoms with E-state index in [9.17, 15) is 4.79 Å². The first-order valence-electron chi connectivity index (χ1n) is 4.50. The number of nitriles is 1. The highest BCUT2D eigenvalue weighted by atomic mass is 79.9. The molecule has 1 rings (SSSR count). The molecule has 1 atom stereocenters. The fraction of sp³-hybridized carbons (Fsp3) is 0.273. The first-order valence-corrected chi connectivity index (χ1v) is 5.30. The molecule has 0 saturated heterocycles. The van der Waals surface area contributed by atoms with Crippen LogP contribution in [-0.2, 0) is 9.53 Å². The molecule has 0 radical (unpaired) electrons. The van der Waals surface area contributed by atoms with Gasteiger partial charge in [0.2, 0.25) is 0 Å². The Labute approximate surface area is 96.8 Å². The predicted molar refractivity (Wildman–Crippen MR) is 59.1 cm³/mol. The van der Waals surface area contributed by atoms with Gasteiger partial charge in [0.25, 0.3) is 0 Å². The van der Waals surface area contributed by atoms with Gasteiger partial charge in [-0.05, 0) is 24.6 Å². The zero-order valence-electron chi connectivity index (χ0n) is 8.24. The minimum Gasteiger partial charge on any atom is -0.465 e. The summed E-state index contributed by atoms with van der Waals surface area (Å²) in [6, 6.07) is 8.98. The molecule has 78 valence electrons. The molecule has 4 heteroatoms. The highest BCUT2D eigenvalue weighted by Crippen LogP contribution is 2.19. The predicted octanol–water partition coefficient (Wildman–Crippen LogP) is 2.62. The van der Waals surface area contributed by atoms with Crippen LogP contribution in [0.2, 0.25) is 0 Å². The van der Waals surface area contributed by atoms with Gasteiger partial charge in [0.15, 0.2) is 5.92 Å². The minimum atomic E-state index is -0.835. The SMILES string of the molecule is CCOC(=O)[C@H](C#N)c1ccc(Br)cc1. The van der Waals surface area contributed by atoms with Gasteiger partial charge in [0.1, 0.15) is 0 Å². The highest BCUT2D eigenvalue weighted by Gasteiger charge is 2.20. The van der Waals surface area contributed by atoms with Crippen molar-refractivity contribution in [2.24, 2.45) is 0 Å². The zero-order chi connectivity index (χ0) is 11.3. The van der Waals surface area contributed by atoms with Gasteiger partial charge >= 0.3 is 5.97 Å². The lowest BCUT2D eigenvalue weighted by Gasteiger charge is -2.08. The summed E-state index contributed by atoms with van der Waals surface area (Å²) in [5.41, 5.74) is 0.652. The van der Waals surface area contributed by atoms with Crippen LogP contribution in [0.3, 0.4) is 0 Å². The van der Waals surface area contributed by atoms with E-state index in [1.165, 1.54) is 0 Å². The van der Waals surface area contributed by atoms with Crippen molar-refractivity contribution in [3.63, 3.8) is 0 Å². The summed E-state index contributed by atoms with van der Waals surface area (Å²) in [6.45, 7) is 2.00. The van der Waals surface area contributed by atoms with Gasteiger partial charge in [-0.15, -0.1) is 0 Å². The summed E-state index contributed by atoms with van der Waals surface area (Å²) in [5, 5.41) is 8.88. The Morgan fingerprint density at radius 3 is 2.60 bits per heavy atom. The summed E-state index contributed by atoms with van der Waals surface area (Å²) in [7, 11) is 0. The third-order valence-corrected chi connectivity index (χ3v) is 2.38. The van der Waals surface area contributed by atoms with Crippen LogP contribution >= 0.6 is 15.9 Å². The fourth-order valence-corrected chi connectivity index (χ4v) is 1.41. The van der Waals surface area contributed by atoms with E-state index in [4.69, 9.17) is 10.00 Å². The van der Waals surface area contributed by atoms with Crippen LogP contribution in [0.4, 0.5) is 0 Å². The lowest BCUT2D eigenvalue weighted by atomic mass is 10.0. The van der Waals surface area contributed by atoms with E-state index in [0.29, 0.717) is 5.56 Å². The summed E-state index contributed by atoms with van der Waals surface area (Å²) in [4.78, 5) is 11.4. The van der Waals surface area contributed by atoms with Gasteiger partial charge in [-0.2, -0.15) is 5.26 Å². The van der Waals surface area contributed by atoms with Crippen molar-refractivity contribution >= 4 is 21.9 Å². The second kappa shape index (κ2) is 5.52. The zero-order valence-corrected chi connectivity index (χ0v) is 9.82. The van der Waals surface area contributed by atoms with Gasteiger partial charge in [0, 0.05) is 4.47 Å². The lowest BCUT2D eigenvalue weighted by molar-refractivity contribution is -0.143. The Hall–Kier alpha value is -1.34. The lowest BCUT2D eigenvalue weighted by Crippen LogP contribution is -2.14. The molecule has 0 amide bonds. The third-order valence-electron chi connectivity index (χ3n) is 1.85. The largest absolute Gasteiger partial charge is 0.465 e.